The second-order valence-corrected chi connectivity index (χ2v) is 4.54. The number of carbonyl (C=O) groups is 1. The number of anilines is 1. The normalized spacial score (nSPS) is 10.6. The molecule has 0 fully saturated rings. The molecule has 0 aliphatic rings. The van der Waals surface area contributed by atoms with E-state index >= 15 is 0 Å². The highest BCUT2D eigenvalue weighted by molar-refractivity contribution is 8.00. The zero-order chi connectivity index (χ0) is 12.3. The average molecular weight is 247 g/mol. The molecule has 1 aromatic carbocycles. The van der Waals surface area contributed by atoms with Gasteiger partial charge in [0.05, 0.1) is 11.3 Å². The van der Waals surface area contributed by atoms with Gasteiger partial charge in [-0.25, -0.2) is 0 Å². The molecule has 1 aromatic heterocycles. The third kappa shape index (κ3) is 2.34. The number of aromatic nitrogens is 2. The number of nitrogens with zero attached hydrogens (tertiary/aromatic N) is 2. The number of carbonyl (C=O) groups excluding carboxylic acids is 1. The van der Waals surface area contributed by atoms with Gasteiger partial charge in [0.2, 0.25) is 0 Å². The third-order valence-corrected chi connectivity index (χ3v) is 3.24. The van der Waals surface area contributed by atoms with Crippen molar-refractivity contribution in [1.82, 2.24) is 9.78 Å². The van der Waals surface area contributed by atoms with Crippen LogP contribution in [0.15, 0.2) is 36.9 Å². The summed E-state index contributed by atoms with van der Waals surface area (Å²) in [5.41, 5.74) is 6.64. The first kappa shape index (κ1) is 11.7. The van der Waals surface area contributed by atoms with Crippen LogP contribution in [0.1, 0.15) is 4.79 Å². The molecular formula is C12H13N3OS. The highest BCUT2D eigenvalue weighted by atomic mass is 32.2. The number of benzene rings is 1. The number of nitrogens with two attached hydrogens (primary N) is 1. The van der Waals surface area contributed by atoms with Crippen LogP contribution in [0.25, 0.3) is 10.9 Å². The van der Waals surface area contributed by atoms with Gasteiger partial charge in [0.15, 0.2) is 0 Å². The molecule has 1 heterocycles. The second-order valence-electron chi connectivity index (χ2n) is 3.51. The van der Waals surface area contributed by atoms with Gasteiger partial charge in [-0.15, -0.1) is 18.3 Å². The monoisotopic (exact) mass is 247 g/mol. The smallest absolute Gasteiger partial charge is 0.258 e. The molecule has 4 nitrogen and oxygen atoms in total. The van der Waals surface area contributed by atoms with Gasteiger partial charge in [-0.1, -0.05) is 18.2 Å². The third-order valence-electron chi connectivity index (χ3n) is 2.31. The Bertz CT molecular complexity index is 562. The number of rotatable bonds is 4. The van der Waals surface area contributed by atoms with E-state index in [-0.39, 0.29) is 5.91 Å². The predicted molar refractivity (Wildman–Crippen MR) is 72.3 cm³/mol. The Labute approximate surface area is 103 Å². The quantitative estimate of drug-likeness (QED) is 0.664. The second kappa shape index (κ2) is 5.05. The summed E-state index contributed by atoms with van der Waals surface area (Å²) < 4.78 is 1.28. The number of hydrogen-bond acceptors (Lipinski definition) is 4. The van der Waals surface area contributed by atoms with Gasteiger partial charge in [0.25, 0.3) is 5.91 Å². The van der Waals surface area contributed by atoms with Crippen molar-refractivity contribution in [2.75, 3.05) is 17.2 Å². The minimum Gasteiger partial charge on any atom is -0.383 e. The summed E-state index contributed by atoms with van der Waals surface area (Å²) in [6.07, 6.45) is 1.76. The summed E-state index contributed by atoms with van der Waals surface area (Å²) >= 11 is 1.49. The van der Waals surface area contributed by atoms with Gasteiger partial charge < -0.3 is 5.73 Å². The molecule has 0 aliphatic heterocycles. The minimum absolute atomic E-state index is 0.106. The molecular weight excluding hydrogens is 234 g/mol. The van der Waals surface area contributed by atoms with Crippen molar-refractivity contribution in [2.45, 2.75) is 0 Å². The number of nitrogen functional groups attached to an aromatic ring is 1. The Morgan fingerprint density at radius 3 is 3.00 bits per heavy atom. The minimum atomic E-state index is -0.106. The van der Waals surface area contributed by atoms with Crippen molar-refractivity contribution in [3.8, 4) is 0 Å². The van der Waals surface area contributed by atoms with Crippen LogP contribution >= 0.6 is 11.8 Å². The number of thioether (sulfide) groups is 1. The Hall–Kier alpha value is -1.75. The van der Waals surface area contributed by atoms with Gasteiger partial charge in [0.1, 0.15) is 5.82 Å². The van der Waals surface area contributed by atoms with Crippen molar-refractivity contribution in [3.63, 3.8) is 0 Å². The van der Waals surface area contributed by atoms with E-state index in [9.17, 15) is 4.79 Å². The van der Waals surface area contributed by atoms with E-state index < -0.39 is 0 Å². The molecule has 2 N–H and O–H groups in total. The molecule has 0 amide bonds. The molecule has 0 saturated carbocycles. The van der Waals surface area contributed by atoms with Crippen LogP contribution in [0.4, 0.5) is 5.82 Å². The molecule has 2 rings (SSSR count). The SMILES string of the molecule is C=CCSCC(=O)n1nc2ccccc2c1N. The summed E-state index contributed by atoms with van der Waals surface area (Å²) in [5.74, 6) is 1.40. The first-order valence-electron chi connectivity index (χ1n) is 5.19. The zero-order valence-corrected chi connectivity index (χ0v) is 10.1. The van der Waals surface area contributed by atoms with Crippen molar-refractivity contribution in [2.24, 2.45) is 0 Å². The van der Waals surface area contributed by atoms with Crippen molar-refractivity contribution in [3.05, 3.63) is 36.9 Å². The predicted octanol–water partition coefficient (Wildman–Crippen LogP) is 2.18. The molecule has 0 bridgehead atoms. The molecule has 2 aromatic rings. The van der Waals surface area contributed by atoms with Gasteiger partial charge in [0, 0.05) is 11.1 Å². The van der Waals surface area contributed by atoms with Crippen LogP contribution in [0, 0.1) is 0 Å². The van der Waals surface area contributed by atoms with Crippen LogP contribution in [0.3, 0.4) is 0 Å². The van der Waals surface area contributed by atoms with E-state index in [4.69, 9.17) is 5.73 Å². The van der Waals surface area contributed by atoms with E-state index in [1.54, 1.807) is 6.08 Å². The molecule has 0 aliphatic carbocycles. The van der Waals surface area contributed by atoms with E-state index in [1.165, 1.54) is 16.4 Å². The fourth-order valence-electron chi connectivity index (χ4n) is 1.53. The van der Waals surface area contributed by atoms with Crippen LogP contribution < -0.4 is 5.73 Å². The summed E-state index contributed by atoms with van der Waals surface area (Å²) in [5, 5.41) is 5.01. The van der Waals surface area contributed by atoms with E-state index in [2.05, 4.69) is 11.7 Å². The lowest BCUT2D eigenvalue weighted by atomic mass is 10.2. The van der Waals surface area contributed by atoms with Crippen molar-refractivity contribution in [1.29, 1.82) is 0 Å². The van der Waals surface area contributed by atoms with Crippen molar-refractivity contribution < 1.29 is 4.79 Å². The van der Waals surface area contributed by atoms with Gasteiger partial charge in [-0.2, -0.15) is 9.78 Å². The van der Waals surface area contributed by atoms with E-state index in [0.29, 0.717) is 11.6 Å². The standard InChI is InChI=1S/C12H13N3OS/c1-2-7-17-8-11(16)15-12(13)9-5-3-4-6-10(9)14-15/h2-6H,1,7-8,13H2. The zero-order valence-electron chi connectivity index (χ0n) is 9.30. The molecule has 0 spiro atoms. The van der Waals surface area contributed by atoms with Crippen molar-refractivity contribution >= 4 is 34.4 Å². The summed E-state index contributed by atoms with van der Waals surface area (Å²) in [6.45, 7) is 3.60. The average Bonchev–Trinajstić information content (AvgIpc) is 2.68. The Morgan fingerprint density at radius 1 is 1.53 bits per heavy atom. The van der Waals surface area contributed by atoms with Gasteiger partial charge in [-0.3, -0.25) is 4.79 Å². The highest BCUT2D eigenvalue weighted by Crippen LogP contribution is 2.20. The topological polar surface area (TPSA) is 60.9 Å². The lowest BCUT2D eigenvalue weighted by molar-refractivity contribution is 0.0930. The maximum atomic E-state index is 11.9. The van der Waals surface area contributed by atoms with Crippen LogP contribution in [-0.2, 0) is 0 Å². The number of hydrogen-bond donors (Lipinski definition) is 1. The lowest BCUT2D eigenvalue weighted by Crippen LogP contribution is -2.17. The molecule has 88 valence electrons. The number of fused-ring (bicyclic) bond motifs is 1. The Balaban J connectivity index is 2.26. The lowest BCUT2D eigenvalue weighted by Gasteiger charge is -2.01. The fraction of sp³-hybridized carbons (Fsp3) is 0.167. The molecule has 0 radical (unpaired) electrons. The van der Waals surface area contributed by atoms with E-state index in [0.717, 1.165) is 16.7 Å². The largest absolute Gasteiger partial charge is 0.383 e. The van der Waals surface area contributed by atoms with Gasteiger partial charge in [-0.05, 0) is 12.1 Å². The molecule has 17 heavy (non-hydrogen) atoms. The van der Waals surface area contributed by atoms with Gasteiger partial charge >= 0.3 is 0 Å². The summed E-state index contributed by atoms with van der Waals surface area (Å²) in [4.78, 5) is 11.9. The van der Waals surface area contributed by atoms with Crippen LogP contribution in [0.2, 0.25) is 0 Å². The van der Waals surface area contributed by atoms with E-state index in [1.807, 2.05) is 24.3 Å². The molecule has 0 atom stereocenters. The fourth-order valence-corrected chi connectivity index (χ4v) is 2.12. The summed E-state index contributed by atoms with van der Waals surface area (Å²) in [7, 11) is 0. The highest BCUT2D eigenvalue weighted by Gasteiger charge is 2.13. The molecule has 5 heteroatoms. The molecule has 0 saturated heterocycles. The molecule has 0 unspecified atom stereocenters. The Kier molecular flexibility index (Phi) is 3.49. The maximum Gasteiger partial charge on any atom is 0.258 e. The first-order chi connectivity index (χ1) is 8.24. The van der Waals surface area contributed by atoms with Crippen LogP contribution in [-0.4, -0.2) is 27.2 Å². The maximum absolute atomic E-state index is 11.9. The summed E-state index contributed by atoms with van der Waals surface area (Å²) in [6, 6.07) is 7.45. The Morgan fingerprint density at radius 2 is 2.29 bits per heavy atom. The van der Waals surface area contributed by atoms with Crippen LogP contribution in [0.5, 0.6) is 0 Å². The first-order valence-corrected chi connectivity index (χ1v) is 6.34.